The largest absolute Gasteiger partial charge is 0.393 e. The SMILES string of the molecule is CC1(C)COOC2(CC[C@@]34Cc5cc(-c6ccc(C#N)cc6)ccc5[C@H]5C[C@]6(C)[C@@H](O)CC[C@H]6[C@H](CC[C@@]3(O)C2)[C@]54O)C1. The Kier molecular flexibility index (Phi) is 5.86. The molecule has 0 bridgehead atoms. The van der Waals surface area contributed by atoms with E-state index >= 15 is 0 Å². The summed E-state index contributed by atoms with van der Waals surface area (Å²) in [6.45, 7) is 7.22. The Morgan fingerprint density at radius 2 is 1.65 bits per heavy atom. The molecule has 3 N–H and O–H groups in total. The number of hydrogen-bond donors (Lipinski definition) is 3. The van der Waals surface area contributed by atoms with Gasteiger partial charge in [0.2, 0.25) is 0 Å². The fraction of sp³-hybridized carbons (Fsp3) is 0.649. The Bertz CT molecular complexity index is 1510. The van der Waals surface area contributed by atoms with Crippen LogP contribution in [0.3, 0.4) is 0 Å². The van der Waals surface area contributed by atoms with Crippen molar-refractivity contribution < 1.29 is 25.1 Å². The molecule has 9 atom stereocenters. The van der Waals surface area contributed by atoms with Crippen LogP contribution >= 0.6 is 0 Å². The number of benzene rings is 2. The summed E-state index contributed by atoms with van der Waals surface area (Å²) in [6, 6.07) is 16.5. The summed E-state index contributed by atoms with van der Waals surface area (Å²) in [6.07, 6.45) is 6.82. The van der Waals surface area contributed by atoms with Gasteiger partial charge in [-0.25, -0.2) is 9.78 Å². The second kappa shape index (κ2) is 8.92. The van der Waals surface area contributed by atoms with Crippen molar-refractivity contribution in [3.05, 3.63) is 59.2 Å². The van der Waals surface area contributed by atoms with Crippen molar-refractivity contribution in [3.63, 3.8) is 0 Å². The molecule has 6 aliphatic rings. The van der Waals surface area contributed by atoms with Gasteiger partial charge in [0, 0.05) is 17.8 Å². The van der Waals surface area contributed by atoms with E-state index in [4.69, 9.17) is 9.78 Å². The Hall–Kier alpha value is -2.27. The van der Waals surface area contributed by atoms with Gasteiger partial charge in [-0.15, -0.1) is 0 Å². The molecule has 0 amide bonds. The minimum Gasteiger partial charge on any atom is -0.393 e. The van der Waals surface area contributed by atoms with Gasteiger partial charge in [-0.2, -0.15) is 5.26 Å². The van der Waals surface area contributed by atoms with Crippen LogP contribution < -0.4 is 0 Å². The molecule has 1 aliphatic heterocycles. The third-order valence-corrected chi connectivity index (χ3v) is 13.6. The van der Waals surface area contributed by atoms with Crippen LogP contribution in [0.1, 0.15) is 101 Å². The molecule has 2 aromatic rings. The number of aliphatic hydroxyl groups is 3. The number of nitrogens with zero attached hydrogens (tertiary/aromatic N) is 1. The van der Waals surface area contributed by atoms with Gasteiger partial charge in [0.15, 0.2) is 0 Å². The number of rotatable bonds is 1. The third-order valence-electron chi connectivity index (χ3n) is 13.6. The minimum absolute atomic E-state index is 0.0362. The minimum atomic E-state index is -1.10. The normalized spacial score (nSPS) is 45.8. The van der Waals surface area contributed by atoms with Crippen molar-refractivity contribution in [2.75, 3.05) is 6.61 Å². The van der Waals surface area contributed by atoms with Gasteiger partial charge in [0.05, 0.1) is 35.5 Å². The van der Waals surface area contributed by atoms with Gasteiger partial charge in [-0.3, -0.25) is 0 Å². The molecule has 1 heterocycles. The third kappa shape index (κ3) is 3.64. The second-order valence-corrected chi connectivity index (χ2v) is 16.4. The summed E-state index contributed by atoms with van der Waals surface area (Å²) in [7, 11) is 0. The van der Waals surface area contributed by atoms with E-state index in [9.17, 15) is 20.6 Å². The van der Waals surface area contributed by atoms with E-state index in [2.05, 4.69) is 45.0 Å². The quantitative estimate of drug-likeness (QED) is 0.345. The Morgan fingerprint density at radius 1 is 0.884 bits per heavy atom. The van der Waals surface area contributed by atoms with Gasteiger partial charge < -0.3 is 15.3 Å². The molecule has 2 spiro atoms. The molecule has 6 nitrogen and oxygen atoms in total. The zero-order chi connectivity index (χ0) is 30.0. The maximum atomic E-state index is 13.5. The van der Waals surface area contributed by atoms with Crippen LogP contribution in [0, 0.1) is 39.4 Å². The number of fused-ring (bicyclic) bond motifs is 4. The maximum absolute atomic E-state index is 13.5. The van der Waals surface area contributed by atoms with E-state index in [0.29, 0.717) is 37.9 Å². The first kappa shape index (κ1) is 28.2. The van der Waals surface area contributed by atoms with E-state index in [-0.39, 0.29) is 34.7 Å². The van der Waals surface area contributed by atoms with Crippen LogP contribution in [0.15, 0.2) is 42.5 Å². The fourth-order valence-electron chi connectivity index (χ4n) is 11.8. The maximum Gasteiger partial charge on any atom is 0.107 e. The fourth-order valence-corrected chi connectivity index (χ4v) is 11.8. The number of nitriles is 1. The highest BCUT2D eigenvalue weighted by Crippen LogP contribution is 2.76. The lowest BCUT2D eigenvalue weighted by Gasteiger charge is -2.73. The van der Waals surface area contributed by atoms with Gasteiger partial charge in [0.1, 0.15) is 5.60 Å². The predicted octanol–water partition coefficient (Wildman–Crippen LogP) is 6.21. The van der Waals surface area contributed by atoms with Crippen LogP contribution in [-0.4, -0.2) is 44.8 Å². The molecular formula is C37H45NO5. The topological polar surface area (TPSA) is 103 Å². The highest BCUT2D eigenvalue weighted by atomic mass is 17.2. The molecule has 43 heavy (non-hydrogen) atoms. The monoisotopic (exact) mass is 583 g/mol. The lowest BCUT2D eigenvalue weighted by atomic mass is 9.34. The second-order valence-electron chi connectivity index (χ2n) is 16.4. The average molecular weight is 584 g/mol. The van der Waals surface area contributed by atoms with Crippen molar-refractivity contribution in [2.45, 2.75) is 114 Å². The molecule has 1 saturated heterocycles. The van der Waals surface area contributed by atoms with Crippen molar-refractivity contribution in [3.8, 4) is 17.2 Å². The van der Waals surface area contributed by atoms with Crippen molar-refractivity contribution in [2.24, 2.45) is 28.1 Å². The molecule has 8 rings (SSSR count). The highest BCUT2D eigenvalue weighted by Gasteiger charge is 2.78. The summed E-state index contributed by atoms with van der Waals surface area (Å²) in [5.74, 6) is 0.119. The predicted molar refractivity (Wildman–Crippen MR) is 162 cm³/mol. The van der Waals surface area contributed by atoms with Crippen LogP contribution in [0.25, 0.3) is 11.1 Å². The van der Waals surface area contributed by atoms with Crippen LogP contribution in [0.5, 0.6) is 0 Å². The average Bonchev–Trinajstić information content (AvgIpc) is 3.26. The van der Waals surface area contributed by atoms with Gasteiger partial charge >= 0.3 is 0 Å². The summed E-state index contributed by atoms with van der Waals surface area (Å²) in [5, 5.41) is 47.2. The molecule has 6 heteroatoms. The summed E-state index contributed by atoms with van der Waals surface area (Å²) in [5.41, 5.74) is 1.42. The van der Waals surface area contributed by atoms with Gasteiger partial charge in [0.25, 0.3) is 0 Å². The Balaban J connectivity index is 1.28. The summed E-state index contributed by atoms with van der Waals surface area (Å²) < 4.78 is 0. The van der Waals surface area contributed by atoms with E-state index in [0.717, 1.165) is 49.7 Å². The van der Waals surface area contributed by atoms with Gasteiger partial charge in [-0.05, 0) is 115 Å². The smallest absolute Gasteiger partial charge is 0.107 e. The van der Waals surface area contributed by atoms with Crippen LogP contribution in [0.4, 0.5) is 0 Å². The van der Waals surface area contributed by atoms with Crippen LogP contribution in [0.2, 0.25) is 0 Å². The molecule has 5 aliphatic carbocycles. The first-order valence-electron chi connectivity index (χ1n) is 16.4. The zero-order valence-corrected chi connectivity index (χ0v) is 25.7. The molecule has 0 aromatic heterocycles. The van der Waals surface area contributed by atoms with E-state index in [1.165, 1.54) is 11.1 Å². The first-order valence-corrected chi connectivity index (χ1v) is 16.4. The summed E-state index contributed by atoms with van der Waals surface area (Å²) in [4.78, 5) is 11.9. The molecule has 228 valence electrons. The molecule has 5 fully saturated rings. The first-order chi connectivity index (χ1) is 20.4. The number of hydrogen-bond acceptors (Lipinski definition) is 6. The van der Waals surface area contributed by atoms with Crippen molar-refractivity contribution >= 4 is 0 Å². The van der Waals surface area contributed by atoms with E-state index < -0.39 is 22.2 Å². The van der Waals surface area contributed by atoms with E-state index in [1.807, 2.05) is 24.3 Å². The highest BCUT2D eigenvalue weighted by molar-refractivity contribution is 5.67. The lowest BCUT2D eigenvalue weighted by Crippen LogP contribution is -2.78. The number of aliphatic hydroxyl groups excluding tert-OH is 1. The van der Waals surface area contributed by atoms with Crippen molar-refractivity contribution in [1.82, 2.24) is 0 Å². The standard InChI is InChI=1S/C37H45NO5/c1-32(2)20-34(43-42-22-32)14-15-35-17-26-16-25(24-6-4-23(19-38)5-7-24)8-9-27(26)30-18-33(3)28(10-11-31(33)39)29(37(30,35)41)12-13-36(35,40)21-34/h4-9,16,28-31,39-41H,10-15,17-18,20-22H2,1-3H3/t28-,29-,30+,31-,33-,34?,35+,36+,37-/m0/s1. The molecule has 2 aromatic carbocycles. The Morgan fingerprint density at radius 3 is 2.40 bits per heavy atom. The molecule has 4 saturated carbocycles. The zero-order valence-electron chi connectivity index (χ0n) is 25.7. The molecule has 1 unspecified atom stereocenters. The lowest BCUT2D eigenvalue weighted by molar-refractivity contribution is -0.431. The van der Waals surface area contributed by atoms with Gasteiger partial charge in [-0.1, -0.05) is 51.1 Å². The van der Waals surface area contributed by atoms with E-state index in [1.54, 1.807) is 0 Å². The molecular weight excluding hydrogens is 538 g/mol. The summed E-state index contributed by atoms with van der Waals surface area (Å²) >= 11 is 0. The Labute approximate surface area is 255 Å². The molecule has 0 radical (unpaired) electrons. The van der Waals surface area contributed by atoms with Crippen molar-refractivity contribution in [1.29, 1.82) is 5.26 Å². The van der Waals surface area contributed by atoms with Crippen LogP contribution in [-0.2, 0) is 16.2 Å².